The van der Waals surface area contributed by atoms with Crippen LogP contribution < -0.4 is 5.32 Å². The summed E-state index contributed by atoms with van der Waals surface area (Å²) in [4.78, 5) is 8.88. The molecule has 1 N–H and O–H groups in total. The van der Waals surface area contributed by atoms with Gasteiger partial charge in [-0.2, -0.15) is 0 Å². The zero-order valence-electron chi connectivity index (χ0n) is 9.60. The molecule has 1 aliphatic rings. The van der Waals surface area contributed by atoms with Crippen LogP contribution in [0.3, 0.4) is 0 Å². The smallest absolute Gasteiger partial charge is 0.124 e. The number of thiazole rings is 1. The fraction of sp³-hybridized carbons (Fsp3) is 0.385. The molecule has 1 unspecified atom stereocenters. The zero-order chi connectivity index (χ0) is 11.5. The van der Waals surface area contributed by atoms with Gasteiger partial charge in [0.2, 0.25) is 0 Å². The number of rotatable bonds is 2. The van der Waals surface area contributed by atoms with E-state index in [0.717, 1.165) is 23.7 Å². The van der Waals surface area contributed by atoms with Crippen LogP contribution in [-0.4, -0.2) is 23.1 Å². The number of hydrogen-bond acceptors (Lipinski definition) is 4. The van der Waals surface area contributed by atoms with E-state index in [1.807, 2.05) is 17.8 Å². The average molecular weight is 245 g/mol. The Balaban J connectivity index is 1.80. The summed E-state index contributed by atoms with van der Waals surface area (Å²) in [5, 5.41) is 6.47. The SMILES string of the molecule is c1csc(-c2ccc(C3CCCNC3)nc2)n1. The topological polar surface area (TPSA) is 37.8 Å². The Morgan fingerprint density at radius 3 is 2.94 bits per heavy atom. The van der Waals surface area contributed by atoms with Gasteiger partial charge in [-0.25, -0.2) is 4.98 Å². The lowest BCUT2D eigenvalue weighted by molar-refractivity contribution is 0.455. The van der Waals surface area contributed by atoms with E-state index in [9.17, 15) is 0 Å². The minimum Gasteiger partial charge on any atom is -0.316 e. The fourth-order valence-electron chi connectivity index (χ4n) is 2.24. The monoisotopic (exact) mass is 245 g/mol. The van der Waals surface area contributed by atoms with Crippen LogP contribution >= 0.6 is 11.3 Å². The molecule has 0 radical (unpaired) electrons. The van der Waals surface area contributed by atoms with E-state index in [2.05, 4.69) is 27.4 Å². The third kappa shape index (κ3) is 2.37. The summed E-state index contributed by atoms with van der Waals surface area (Å²) in [5.74, 6) is 0.578. The number of nitrogens with zero attached hydrogens (tertiary/aromatic N) is 2. The number of piperidine rings is 1. The maximum atomic E-state index is 4.58. The molecular weight excluding hydrogens is 230 g/mol. The summed E-state index contributed by atoms with van der Waals surface area (Å²) in [6.07, 6.45) is 6.28. The van der Waals surface area contributed by atoms with Gasteiger partial charge in [0.1, 0.15) is 5.01 Å². The second-order valence-electron chi connectivity index (χ2n) is 4.35. The van der Waals surface area contributed by atoms with Crippen LogP contribution in [0.15, 0.2) is 29.9 Å². The van der Waals surface area contributed by atoms with Crippen molar-refractivity contribution in [3.63, 3.8) is 0 Å². The fourth-order valence-corrected chi connectivity index (χ4v) is 2.87. The Morgan fingerprint density at radius 2 is 2.29 bits per heavy atom. The molecule has 0 bridgehead atoms. The lowest BCUT2D eigenvalue weighted by Crippen LogP contribution is -2.28. The molecule has 0 spiro atoms. The van der Waals surface area contributed by atoms with Crippen molar-refractivity contribution in [2.24, 2.45) is 0 Å². The van der Waals surface area contributed by atoms with E-state index >= 15 is 0 Å². The first kappa shape index (κ1) is 10.9. The van der Waals surface area contributed by atoms with Crippen molar-refractivity contribution in [2.45, 2.75) is 18.8 Å². The quantitative estimate of drug-likeness (QED) is 0.884. The molecule has 88 valence electrons. The van der Waals surface area contributed by atoms with E-state index in [4.69, 9.17) is 0 Å². The van der Waals surface area contributed by atoms with Crippen LogP contribution in [0, 0.1) is 0 Å². The van der Waals surface area contributed by atoms with Crippen LogP contribution in [0.5, 0.6) is 0 Å². The normalized spacial score (nSPS) is 20.4. The largest absolute Gasteiger partial charge is 0.316 e. The molecule has 0 aliphatic carbocycles. The Bertz CT molecular complexity index is 458. The first-order chi connectivity index (χ1) is 8.43. The third-order valence-electron chi connectivity index (χ3n) is 3.18. The van der Waals surface area contributed by atoms with Gasteiger partial charge in [-0.3, -0.25) is 4.98 Å². The molecule has 1 aliphatic heterocycles. The van der Waals surface area contributed by atoms with Gasteiger partial charge in [0.15, 0.2) is 0 Å². The van der Waals surface area contributed by atoms with Gasteiger partial charge < -0.3 is 5.32 Å². The number of hydrogen-bond donors (Lipinski definition) is 1. The third-order valence-corrected chi connectivity index (χ3v) is 4.00. The molecule has 4 heteroatoms. The van der Waals surface area contributed by atoms with Crippen LogP contribution in [0.25, 0.3) is 10.6 Å². The standard InChI is InChI=1S/C13H15N3S/c1-2-10(8-14-5-1)12-4-3-11(9-16-12)13-15-6-7-17-13/h3-4,6-7,9-10,14H,1-2,5,8H2. The van der Waals surface area contributed by atoms with Crippen molar-refractivity contribution < 1.29 is 0 Å². The van der Waals surface area contributed by atoms with Crippen molar-refractivity contribution in [1.29, 1.82) is 0 Å². The van der Waals surface area contributed by atoms with Crippen LogP contribution in [0.4, 0.5) is 0 Å². The van der Waals surface area contributed by atoms with Crippen molar-refractivity contribution in [2.75, 3.05) is 13.1 Å². The molecule has 0 aromatic carbocycles. The maximum absolute atomic E-state index is 4.58. The van der Waals surface area contributed by atoms with E-state index in [1.54, 1.807) is 11.3 Å². The lowest BCUT2D eigenvalue weighted by Gasteiger charge is -2.22. The summed E-state index contributed by atoms with van der Waals surface area (Å²) in [6, 6.07) is 4.28. The summed E-state index contributed by atoms with van der Waals surface area (Å²) in [5.41, 5.74) is 2.32. The highest BCUT2D eigenvalue weighted by atomic mass is 32.1. The zero-order valence-corrected chi connectivity index (χ0v) is 10.4. The van der Waals surface area contributed by atoms with Gasteiger partial charge in [-0.15, -0.1) is 11.3 Å². The second kappa shape index (κ2) is 4.94. The summed E-state index contributed by atoms with van der Waals surface area (Å²) in [7, 11) is 0. The summed E-state index contributed by atoms with van der Waals surface area (Å²) >= 11 is 1.65. The molecule has 17 heavy (non-hydrogen) atoms. The molecule has 0 amide bonds. The van der Waals surface area contributed by atoms with E-state index < -0.39 is 0 Å². The van der Waals surface area contributed by atoms with Gasteiger partial charge in [0.25, 0.3) is 0 Å². The molecule has 1 fully saturated rings. The Hall–Kier alpha value is -1.26. The molecule has 3 rings (SSSR count). The highest BCUT2D eigenvalue weighted by Gasteiger charge is 2.16. The molecule has 2 aromatic rings. The summed E-state index contributed by atoms with van der Waals surface area (Å²) in [6.45, 7) is 2.21. The van der Waals surface area contributed by atoms with E-state index in [-0.39, 0.29) is 0 Å². The Labute approximate surface area is 105 Å². The highest BCUT2D eigenvalue weighted by Crippen LogP contribution is 2.25. The average Bonchev–Trinajstić information content (AvgIpc) is 2.94. The van der Waals surface area contributed by atoms with Crippen LogP contribution in [0.2, 0.25) is 0 Å². The minimum atomic E-state index is 0.578. The van der Waals surface area contributed by atoms with Crippen molar-refractivity contribution >= 4 is 11.3 Å². The van der Waals surface area contributed by atoms with Crippen molar-refractivity contribution in [3.8, 4) is 10.6 Å². The van der Waals surface area contributed by atoms with Gasteiger partial charge in [0.05, 0.1) is 0 Å². The predicted molar refractivity (Wildman–Crippen MR) is 70.2 cm³/mol. The van der Waals surface area contributed by atoms with Crippen molar-refractivity contribution in [1.82, 2.24) is 15.3 Å². The van der Waals surface area contributed by atoms with Crippen LogP contribution in [0.1, 0.15) is 24.5 Å². The molecule has 1 saturated heterocycles. The van der Waals surface area contributed by atoms with Crippen molar-refractivity contribution in [3.05, 3.63) is 35.6 Å². The molecule has 3 heterocycles. The predicted octanol–water partition coefficient (Wildman–Crippen LogP) is 2.67. The second-order valence-corrected chi connectivity index (χ2v) is 5.25. The molecule has 0 saturated carbocycles. The van der Waals surface area contributed by atoms with E-state index in [0.29, 0.717) is 5.92 Å². The lowest BCUT2D eigenvalue weighted by atomic mass is 9.95. The van der Waals surface area contributed by atoms with Crippen LogP contribution in [-0.2, 0) is 0 Å². The highest BCUT2D eigenvalue weighted by molar-refractivity contribution is 7.13. The van der Waals surface area contributed by atoms with Gasteiger partial charge in [-0.1, -0.05) is 0 Å². The summed E-state index contributed by atoms with van der Waals surface area (Å²) < 4.78 is 0. The first-order valence-corrected chi connectivity index (χ1v) is 6.88. The van der Waals surface area contributed by atoms with Gasteiger partial charge in [-0.05, 0) is 31.5 Å². The van der Waals surface area contributed by atoms with E-state index in [1.165, 1.54) is 18.5 Å². The maximum Gasteiger partial charge on any atom is 0.124 e. The number of nitrogens with one attached hydrogen (secondary N) is 1. The van der Waals surface area contributed by atoms with Gasteiger partial charge in [0, 0.05) is 41.5 Å². The molecule has 3 nitrogen and oxygen atoms in total. The number of aromatic nitrogens is 2. The van der Waals surface area contributed by atoms with Gasteiger partial charge >= 0.3 is 0 Å². The molecule has 1 atom stereocenters. The Morgan fingerprint density at radius 1 is 1.29 bits per heavy atom. The first-order valence-electron chi connectivity index (χ1n) is 6.00. The minimum absolute atomic E-state index is 0.578. The molecule has 2 aromatic heterocycles. The Kier molecular flexibility index (Phi) is 3.16. The molecular formula is C13H15N3S. The number of pyridine rings is 1.